The van der Waals surface area contributed by atoms with Gasteiger partial charge in [0.25, 0.3) is 11.6 Å². The van der Waals surface area contributed by atoms with Crippen LogP contribution in [0.15, 0.2) is 36.4 Å². The second-order valence-corrected chi connectivity index (χ2v) is 6.66. The van der Waals surface area contributed by atoms with Crippen LogP contribution in [0.25, 0.3) is 0 Å². The van der Waals surface area contributed by atoms with Gasteiger partial charge in [0, 0.05) is 5.56 Å². The van der Waals surface area contributed by atoms with Crippen LogP contribution < -0.4 is 5.32 Å². The van der Waals surface area contributed by atoms with E-state index >= 15 is 0 Å². The number of hydrogen-bond donors (Lipinski definition) is 2. The van der Waals surface area contributed by atoms with E-state index in [-0.39, 0.29) is 28.1 Å². The van der Waals surface area contributed by atoms with Crippen LogP contribution in [0.4, 0.5) is 11.4 Å². The molecule has 2 aromatic carbocycles. The standard InChI is InChI=1S/C18H20N2O4/c1-11-6-5-7-13(16(11)20(23)24)17(22)19-14-10-12(18(2,3)4)8-9-15(14)21/h5-10,21H,1-4H3,(H,19,22). The number of hydrogen-bond acceptors (Lipinski definition) is 4. The van der Waals surface area contributed by atoms with Gasteiger partial charge in [-0.05, 0) is 36.1 Å². The molecule has 0 aliphatic heterocycles. The van der Waals surface area contributed by atoms with Gasteiger partial charge >= 0.3 is 0 Å². The summed E-state index contributed by atoms with van der Waals surface area (Å²) in [4.78, 5) is 23.1. The number of rotatable bonds is 3. The summed E-state index contributed by atoms with van der Waals surface area (Å²) in [5.41, 5.74) is 1.11. The number of carbonyl (C=O) groups is 1. The molecule has 0 aromatic heterocycles. The smallest absolute Gasteiger partial charge is 0.285 e. The highest BCUT2D eigenvalue weighted by Gasteiger charge is 2.23. The molecule has 0 heterocycles. The van der Waals surface area contributed by atoms with Crippen molar-refractivity contribution in [1.29, 1.82) is 0 Å². The maximum Gasteiger partial charge on any atom is 0.285 e. The van der Waals surface area contributed by atoms with Gasteiger partial charge in [-0.2, -0.15) is 0 Å². The molecular formula is C18H20N2O4. The lowest BCUT2D eigenvalue weighted by atomic mass is 9.87. The molecule has 0 bridgehead atoms. The Kier molecular flexibility index (Phi) is 4.59. The Balaban J connectivity index is 2.41. The number of nitrogens with zero attached hydrogens (tertiary/aromatic N) is 1. The van der Waals surface area contributed by atoms with E-state index in [2.05, 4.69) is 5.32 Å². The molecule has 0 radical (unpaired) electrons. The van der Waals surface area contributed by atoms with Crippen LogP contribution in [0.1, 0.15) is 42.3 Å². The molecule has 1 amide bonds. The fourth-order valence-electron chi connectivity index (χ4n) is 2.38. The van der Waals surface area contributed by atoms with Gasteiger partial charge in [0.05, 0.1) is 10.6 Å². The van der Waals surface area contributed by atoms with Gasteiger partial charge in [-0.15, -0.1) is 0 Å². The van der Waals surface area contributed by atoms with E-state index < -0.39 is 10.8 Å². The van der Waals surface area contributed by atoms with Crippen LogP contribution in [-0.2, 0) is 5.41 Å². The number of nitro benzene ring substituents is 1. The first-order chi connectivity index (χ1) is 11.1. The van der Waals surface area contributed by atoms with Crippen LogP contribution in [0.2, 0.25) is 0 Å². The third kappa shape index (κ3) is 3.53. The number of nitrogens with one attached hydrogen (secondary N) is 1. The zero-order chi connectivity index (χ0) is 18.1. The van der Waals surface area contributed by atoms with Crippen LogP contribution in [-0.4, -0.2) is 15.9 Å². The molecule has 0 atom stereocenters. The number of nitro groups is 1. The molecule has 2 N–H and O–H groups in total. The minimum atomic E-state index is -0.633. The Morgan fingerprint density at radius 3 is 2.46 bits per heavy atom. The summed E-state index contributed by atoms with van der Waals surface area (Å²) in [7, 11) is 0. The predicted molar refractivity (Wildman–Crippen MR) is 92.6 cm³/mol. The Labute approximate surface area is 140 Å². The van der Waals surface area contributed by atoms with E-state index in [4.69, 9.17) is 0 Å². The Morgan fingerprint density at radius 2 is 1.88 bits per heavy atom. The summed E-state index contributed by atoms with van der Waals surface area (Å²) in [6.45, 7) is 7.61. The molecule has 0 saturated heterocycles. The first-order valence-electron chi connectivity index (χ1n) is 7.50. The second kappa shape index (κ2) is 6.31. The number of aryl methyl sites for hydroxylation is 1. The number of benzene rings is 2. The number of amides is 1. The van der Waals surface area contributed by atoms with E-state index in [0.717, 1.165) is 5.56 Å². The summed E-state index contributed by atoms with van der Waals surface area (Å²) in [5, 5.41) is 23.8. The molecule has 0 spiro atoms. The second-order valence-electron chi connectivity index (χ2n) is 6.66. The molecule has 0 saturated carbocycles. The molecule has 2 aromatic rings. The van der Waals surface area contributed by atoms with Crippen LogP contribution in [0, 0.1) is 17.0 Å². The van der Waals surface area contributed by atoms with Gasteiger partial charge in [0.15, 0.2) is 0 Å². The minimum Gasteiger partial charge on any atom is -0.506 e. The third-order valence-corrected chi connectivity index (χ3v) is 3.78. The molecule has 0 aliphatic carbocycles. The lowest BCUT2D eigenvalue weighted by molar-refractivity contribution is -0.385. The summed E-state index contributed by atoms with van der Waals surface area (Å²) < 4.78 is 0. The normalized spacial score (nSPS) is 11.2. The Hall–Kier alpha value is -2.89. The van der Waals surface area contributed by atoms with Crippen molar-refractivity contribution >= 4 is 17.3 Å². The average Bonchev–Trinajstić information content (AvgIpc) is 2.47. The first kappa shape index (κ1) is 17.5. The lowest BCUT2D eigenvalue weighted by Gasteiger charge is -2.20. The van der Waals surface area contributed by atoms with E-state index in [0.29, 0.717) is 5.56 Å². The van der Waals surface area contributed by atoms with Crippen molar-refractivity contribution in [3.63, 3.8) is 0 Å². The van der Waals surface area contributed by atoms with E-state index in [1.807, 2.05) is 20.8 Å². The molecule has 2 rings (SSSR count). The quantitative estimate of drug-likeness (QED) is 0.503. The van der Waals surface area contributed by atoms with E-state index in [1.165, 1.54) is 12.1 Å². The molecule has 6 nitrogen and oxygen atoms in total. The third-order valence-electron chi connectivity index (χ3n) is 3.78. The van der Waals surface area contributed by atoms with E-state index in [1.54, 1.807) is 31.2 Å². The van der Waals surface area contributed by atoms with Crippen LogP contribution >= 0.6 is 0 Å². The van der Waals surface area contributed by atoms with Crippen molar-refractivity contribution in [1.82, 2.24) is 0 Å². The van der Waals surface area contributed by atoms with Crippen molar-refractivity contribution in [2.24, 2.45) is 0 Å². The number of aromatic hydroxyl groups is 1. The molecule has 0 aliphatic rings. The number of carbonyl (C=O) groups excluding carboxylic acids is 1. The Morgan fingerprint density at radius 1 is 1.21 bits per heavy atom. The van der Waals surface area contributed by atoms with Crippen molar-refractivity contribution in [3.8, 4) is 5.75 Å². The lowest BCUT2D eigenvalue weighted by Crippen LogP contribution is -2.16. The average molecular weight is 328 g/mol. The summed E-state index contributed by atoms with van der Waals surface area (Å²) >= 11 is 0. The molecule has 24 heavy (non-hydrogen) atoms. The SMILES string of the molecule is Cc1cccc(C(=O)Nc2cc(C(C)(C)C)ccc2O)c1[N+](=O)[O-]. The monoisotopic (exact) mass is 328 g/mol. The zero-order valence-electron chi connectivity index (χ0n) is 14.1. The number of para-hydroxylation sites is 1. The summed E-state index contributed by atoms with van der Waals surface area (Å²) in [6.07, 6.45) is 0. The summed E-state index contributed by atoms with van der Waals surface area (Å²) in [6, 6.07) is 9.51. The van der Waals surface area contributed by atoms with Crippen molar-refractivity contribution in [2.75, 3.05) is 5.32 Å². The molecule has 6 heteroatoms. The van der Waals surface area contributed by atoms with Gasteiger partial charge < -0.3 is 10.4 Å². The van der Waals surface area contributed by atoms with Gasteiger partial charge in [-0.1, -0.05) is 39.0 Å². The Bertz CT molecular complexity index is 807. The number of phenols is 1. The fourth-order valence-corrected chi connectivity index (χ4v) is 2.38. The highest BCUT2D eigenvalue weighted by molar-refractivity contribution is 6.08. The molecule has 0 fully saturated rings. The highest BCUT2D eigenvalue weighted by Crippen LogP contribution is 2.32. The first-order valence-corrected chi connectivity index (χ1v) is 7.50. The minimum absolute atomic E-state index is 0.0411. The zero-order valence-corrected chi connectivity index (χ0v) is 14.1. The van der Waals surface area contributed by atoms with E-state index in [9.17, 15) is 20.0 Å². The van der Waals surface area contributed by atoms with Crippen LogP contribution in [0.3, 0.4) is 0 Å². The van der Waals surface area contributed by atoms with Crippen molar-refractivity contribution in [2.45, 2.75) is 33.1 Å². The maximum absolute atomic E-state index is 12.5. The van der Waals surface area contributed by atoms with Gasteiger partial charge in [-0.3, -0.25) is 14.9 Å². The van der Waals surface area contributed by atoms with Crippen molar-refractivity contribution < 1.29 is 14.8 Å². The number of anilines is 1. The topological polar surface area (TPSA) is 92.5 Å². The van der Waals surface area contributed by atoms with Gasteiger partial charge in [0.2, 0.25) is 0 Å². The maximum atomic E-state index is 12.5. The predicted octanol–water partition coefficient (Wildman–Crippen LogP) is 4.16. The molecule has 126 valence electrons. The number of phenolic OH excluding ortho intramolecular Hbond substituents is 1. The van der Waals surface area contributed by atoms with Gasteiger partial charge in [0.1, 0.15) is 11.3 Å². The fraction of sp³-hybridized carbons (Fsp3) is 0.278. The molecular weight excluding hydrogens is 308 g/mol. The summed E-state index contributed by atoms with van der Waals surface area (Å²) in [5.74, 6) is -0.724. The van der Waals surface area contributed by atoms with Crippen LogP contribution in [0.5, 0.6) is 5.75 Å². The largest absolute Gasteiger partial charge is 0.506 e. The van der Waals surface area contributed by atoms with Crippen molar-refractivity contribution in [3.05, 3.63) is 63.2 Å². The van der Waals surface area contributed by atoms with Gasteiger partial charge in [-0.25, -0.2) is 0 Å². The highest BCUT2D eigenvalue weighted by atomic mass is 16.6. The molecule has 0 unspecified atom stereocenters.